The Kier molecular flexibility index (Phi) is 4.55. The molecule has 0 bridgehead atoms. The summed E-state index contributed by atoms with van der Waals surface area (Å²) in [4.78, 5) is 11.6. The molecule has 3 nitrogen and oxygen atoms in total. The fourth-order valence-electron chi connectivity index (χ4n) is 1.08. The summed E-state index contributed by atoms with van der Waals surface area (Å²) in [6, 6.07) is 5.40. The Morgan fingerprint density at radius 2 is 2.19 bits per heavy atom. The Morgan fingerprint density at radius 1 is 1.50 bits per heavy atom. The van der Waals surface area contributed by atoms with Crippen molar-refractivity contribution in [1.29, 1.82) is 0 Å². The molecule has 0 heterocycles. The molecule has 0 atom stereocenters. The molecule has 0 saturated carbocycles. The smallest absolute Gasteiger partial charge is 0.250 e. The number of anilines is 1. The van der Waals surface area contributed by atoms with E-state index in [1.165, 1.54) is 0 Å². The van der Waals surface area contributed by atoms with Gasteiger partial charge in [-0.25, -0.2) is 0 Å². The zero-order valence-corrected chi connectivity index (χ0v) is 11.1. The molecule has 1 aromatic carbocycles. The summed E-state index contributed by atoms with van der Waals surface area (Å²) in [5.74, 6) is 0.640. The molecular weight excluding hydrogens is 270 g/mol. The van der Waals surface area contributed by atoms with Crippen molar-refractivity contribution in [3.63, 3.8) is 0 Å². The molecule has 0 saturated heterocycles. The number of ether oxygens (including phenoxy) is 1. The summed E-state index contributed by atoms with van der Waals surface area (Å²) in [7, 11) is 1.60. The van der Waals surface area contributed by atoms with Crippen LogP contribution in [0.4, 0.5) is 5.69 Å². The molecule has 0 aromatic heterocycles. The fraction of sp³-hybridized carbons (Fsp3) is 0.250. The molecule has 1 aromatic rings. The second-order valence-corrected chi connectivity index (χ2v) is 4.13. The van der Waals surface area contributed by atoms with Gasteiger partial charge in [-0.3, -0.25) is 4.79 Å². The molecule has 1 N–H and O–H groups in total. The molecule has 0 aliphatic rings. The van der Waals surface area contributed by atoms with E-state index in [4.69, 9.17) is 4.74 Å². The van der Waals surface area contributed by atoms with Crippen molar-refractivity contribution in [2.24, 2.45) is 0 Å². The first kappa shape index (κ1) is 12.8. The zero-order chi connectivity index (χ0) is 12.1. The highest BCUT2D eigenvalue weighted by Crippen LogP contribution is 2.27. The Bertz CT molecular complexity index is 427. The minimum atomic E-state index is -0.103. The van der Waals surface area contributed by atoms with E-state index >= 15 is 0 Å². The second-order valence-electron chi connectivity index (χ2n) is 3.27. The maximum Gasteiger partial charge on any atom is 0.250 e. The van der Waals surface area contributed by atoms with E-state index in [0.717, 1.165) is 15.9 Å². The van der Waals surface area contributed by atoms with Crippen LogP contribution in [0.25, 0.3) is 0 Å². The van der Waals surface area contributed by atoms with E-state index in [0.29, 0.717) is 5.57 Å². The standard InChI is InChI=1S/C12H14BrNO2/c1-4-8(2)12(15)14-11-6-5-9(16-3)7-10(11)13/h4-7H,1-3H3,(H,14,15). The number of benzene rings is 1. The van der Waals surface area contributed by atoms with Crippen LogP contribution in [-0.2, 0) is 4.79 Å². The van der Waals surface area contributed by atoms with Crippen LogP contribution in [0, 0.1) is 0 Å². The predicted octanol–water partition coefficient (Wildman–Crippen LogP) is 3.36. The van der Waals surface area contributed by atoms with Gasteiger partial charge in [0.2, 0.25) is 0 Å². The topological polar surface area (TPSA) is 38.3 Å². The van der Waals surface area contributed by atoms with Gasteiger partial charge in [-0.15, -0.1) is 0 Å². The summed E-state index contributed by atoms with van der Waals surface area (Å²) < 4.78 is 5.86. The van der Waals surface area contributed by atoms with Gasteiger partial charge in [-0.1, -0.05) is 6.08 Å². The van der Waals surface area contributed by atoms with Crippen molar-refractivity contribution in [3.05, 3.63) is 34.3 Å². The van der Waals surface area contributed by atoms with E-state index < -0.39 is 0 Å². The van der Waals surface area contributed by atoms with E-state index in [9.17, 15) is 4.79 Å². The van der Waals surface area contributed by atoms with Crippen LogP contribution in [0.2, 0.25) is 0 Å². The van der Waals surface area contributed by atoms with E-state index in [-0.39, 0.29) is 5.91 Å². The lowest BCUT2D eigenvalue weighted by Crippen LogP contribution is -2.12. The van der Waals surface area contributed by atoms with Crippen LogP contribution < -0.4 is 10.1 Å². The highest BCUT2D eigenvalue weighted by molar-refractivity contribution is 9.10. The van der Waals surface area contributed by atoms with E-state index in [1.54, 1.807) is 38.3 Å². The SMILES string of the molecule is CC=C(C)C(=O)Nc1ccc(OC)cc1Br. The highest BCUT2D eigenvalue weighted by atomic mass is 79.9. The van der Waals surface area contributed by atoms with Gasteiger partial charge >= 0.3 is 0 Å². The third-order valence-corrected chi connectivity index (χ3v) is 2.87. The summed E-state index contributed by atoms with van der Waals surface area (Å²) in [5.41, 5.74) is 1.41. The Morgan fingerprint density at radius 3 is 2.69 bits per heavy atom. The fourth-order valence-corrected chi connectivity index (χ4v) is 1.53. The normalized spacial score (nSPS) is 11.1. The van der Waals surface area contributed by atoms with Crippen molar-refractivity contribution >= 4 is 27.5 Å². The van der Waals surface area contributed by atoms with Gasteiger partial charge in [-0.05, 0) is 48.0 Å². The Labute approximate surface area is 104 Å². The van der Waals surface area contributed by atoms with Crippen molar-refractivity contribution in [1.82, 2.24) is 0 Å². The first-order valence-corrected chi connectivity index (χ1v) is 5.65. The molecule has 0 radical (unpaired) electrons. The molecule has 0 unspecified atom stereocenters. The first-order chi connectivity index (χ1) is 7.58. The number of amides is 1. The highest BCUT2D eigenvalue weighted by Gasteiger charge is 2.07. The summed E-state index contributed by atoms with van der Waals surface area (Å²) in [5, 5.41) is 2.80. The molecule has 16 heavy (non-hydrogen) atoms. The average Bonchev–Trinajstić information content (AvgIpc) is 2.30. The maximum atomic E-state index is 11.6. The van der Waals surface area contributed by atoms with Crippen LogP contribution in [0.3, 0.4) is 0 Å². The molecule has 0 aliphatic heterocycles. The summed E-state index contributed by atoms with van der Waals surface area (Å²) in [6.45, 7) is 3.60. The largest absolute Gasteiger partial charge is 0.497 e. The molecule has 86 valence electrons. The van der Waals surface area contributed by atoms with Gasteiger partial charge in [0.1, 0.15) is 5.75 Å². The number of hydrogen-bond acceptors (Lipinski definition) is 2. The van der Waals surface area contributed by atoms with Crippen LogP contribution in [0.1, 0.15) is 13.8 Å². The Balaban J connectivity index is 2.86. The van der Waals surface area contributed by atoms with Crippen LogP contribution in [-0.4, -0.2) is 13.0 Å². The Hall–Kier alpha value is -1.29. The monoisotopic (exact) mass is 283 g/mol. The van der Waals surface area contributed by atoms with Gasteiger partial charge in [0, 0.05) is 10.0 Å². The van der Waals surface area contributed by atoms with E-state index in [1.807, 2.05) is 6.92 Å². The van der Waals surface area contributed by atoms with Crippen molar-refractivity contribution in [2.75, 3.05) is 12.4 Å². The van der Waals surface area contributed by atoms with Gasteiger partial charge in [0.25, 0.3) is 5.91 Å². The number of allylic oxidation sites excluding steroid dienone is 1. The number of rotatable bonds is 3. The lowest BCUT2D eigenvalue weighted by atomic mass is 10.2. The van der Waals surface area contributed by atoms with Crippen molar-refractivity contribution in [2.45, 2.75) is 13.8 Å². The number of methoxy groups -OCH3 is 1. The summed E-state index contributed by atoms with van der Waals surface area (Å²) in [6.07, 6.45) is 1.77. The molecule has 1 amide bonds. The molecule has 1 rings (SSSR count). The maximum absolute atomic E-state index is 11.6. The minimum Gasteiger partial charge on any atom is -0.497 e. The summed E-state index contributed by atoms with van der Waals surface area (Å²) >= 11 is 3.37. The number of carbonyl (C=O) groups is 1. The third-order valence-electron chi connectivity index (χ3n) is 2.22. The number of hydrogen-bond donors (Lipinski definition) is 1. The lowest BCUT2D eigenvalue weighted by Gasteiger charge is -2.08. The van der Waals surface area contributed by atoms with Crippen molar-refractivity contribution < 1.29 is 9.53 Å². The van der Waals surface area contributed by atoms with Crippen molar-refractivity contribution in [3.8, 4) is 5.75 Å². The molecule has 0 spiro atoms. The second kappa shape index (κ2) is 5.70. The lowest BCUT2D eigenvalue weighted by molar-refractivity contribution is -0.112. The molecule has 4 heteroatoms. The minimum absolute atomic E-state index is 0.103. The molecular formula is C12H14BrNO2. The predicted molar refractivity (Wildman–Crippen MR) is 68.8 cm³/mol. The zero-order valence-electron chi connectivity index (χ0n) is 9.50. The van der Waals surface area contributed by atoms with Gasteiger partial charge in [-0.2, -0.15) is 0 Å². The number of halogens is 1. The van der Waals surface area contributed by atoms with Crippen LogP contribution in [0.5, 0.6) is 5.75 Å². The van der Waals surface area contributed by atoms with Gasteiger partial charge in [0.05, 0.1) is 12.8 Å². The molecule has 0 fully saturated rings. The number of carbonyl (C=O) groups excluding carboxylic acids is 1. The van der Waals surface area contributed by atoms with Gasteiger partial charge in [0.15, 0.2) is 0 Å². The molecule has 0 aliphatic carbocycles. The van der Waals surface area contributed by atoms with Gasteiger partial charge < -0.3 is 10.1 Å². The number of nitrogens with one attached hydrogen (secondary N) is 1. The average molecular weight is 284 g/mol. The third kappa shape index (κ3) is 3.10. The quantitative estimate of drug-likeness (QED) is 0.864. The van der Waals surface area contributed by atoms with Crippen LogP contribution >= 0.6 is 15.9 Å². The first-order valence-electron chi connectivity index (χ1n) is 4.86. The van der Waals surface area contributed by atoms with E-state index in [2.05, 4.69) is 21.2 Å². The van der Waals surface area contributed by atoms with Crippen LogP contribution in [0.15, 0.2) is 34.3 Å².